The summed E-state index contributed by atoms with van der Waals surface area (Å²) in [5, 5.41) is 7.56. The molecular formula is C18H30IN3OS. The molecule has 1 heterocycles. The molecule has 4 nitrogen and oxygen atoms in total. The first-order chi connectivity index (χ1) is 11.3. The van der Waals surface area contributed by atoms with E-state index in [1.807, 2.05) is 13.1 Å². The number of guanidine groups is 1. The SMILES string of the molecule is CCCOc1cccc(CCNC(=NC)NCC2CCCS2)c1.I. The largest absolute Gasteiger partial charge is 0.494 e. The fourth-order valence-corrected chi connectivity index (χ4v) is 3.77. The molecule has 1 aliphatic rings. The van der Waals surface area contributed by atoms with Crippen molar-refractivity contribution in [1.82, 2.24) is 10.6 Å². The summed E-state index contributed by atoms with van der Waals surface area (Å²) in [6.45, 7) is 4.77. The highest BCUT2D eigenvalue weighted by atomic mass is 127. The summed E-state index contributed by atoms with van der Waals surface area (Å²) in [6, 6.07) is 8.35. The van der Waals surface area contributed by atoms with Crippen LogP contribution in [0.4, 0.5) is 0 Å². The number of nitrogens with zero attached hydrogens (tertiary/aromatic N) is 1. The second-order valence-electron chi connectivity index (χ2n) is 5.76. The monoisotopic (exact) mass is 463 g/mol. The van der Waals surface area contributed by atoms with E-state index in [1.54, 1.807) is 0 Å². The van der Waals surface area contributed by atoms with E-state index < -0.39 is 0 Å². The van der Waals surface area contributed by atoms with E-state index in [0.717, 1.165) is 49.5 Å². The molecule has 0 aliphatic carbocycles. The van der Waals surface area contributed by atoms with Crippen molar-refractivity contribution >= 4 is 41.7 Å². The Morgan fingerprint density at radius 3 is 2.96 bits per heavy atom. The first-order valence-electron chi connectivity index (χ1n) is 8.59. The van der Waals surface area contributed by atoms with Crippen LogP contribution >= 0.6 is 35.7 Å². The molecule has 1 aromatic carbocycles. The van der Waals surface area contributed by atoms with Crippen LogP contribution < -0.4 is 15.4 Å². The van der Waals surface area contributed by atoms with Crippen molar-refractivity contribution in [2.75, 3.05) is 32.5 Å². The molecule has 6 heteroatoms. The highest BCUT2D eigenvalue weighted by Crippen LogP contribution is 2.25. The highest BCUT2D eigenvalue weighted by Gasteiger charge is 2.15. The second-order valence-corrected chi connectivity index (χ2v) is 7.17. The van der Waals surface area contributed by atoms with E-state index in [1.165, 1.54) is 24.2 Å². The van der Waals surface area contributed by atoms with Crippen molar-refractivity contribution in [1.29, 1.82) is 0 Å². The molecule has 1 atom stereocenters. The summed E-state index contributed by atoms with van der Waals surface area (Å²) in [4.78, 5) is 4.30. The number of rotatable bonds is 8. The van der Waals surface area contributed by atoms with Crippen molar-refractivity contribution in [2.45, 2.75) is 37.9 Å². The molecule has 0 saturated carbocycles. The fraction of sp³-hybridized carbons (Fsp3) is 0.611. The van der Waals surface area contributed by atoms with Crippen molar-refractivity contribution < 1.29 is 4.74 Å². The summed E-state index contributed by atoms with van der Waals surface area (Å²) in [5.41, 5.74) is 1.29. The third-order valence-corrected chi connectivity index (χ3v) is 5.22. The first-order valence-corrected chi connectivity index (χ1v) is 9.64. The maximum atomic E-state index is 5.68. The standard InChI is InChI=1S/C18H29N3OS.HI/c1-3-11-22-16-7-4-6-15(13-16)9-10-20-18(19-2)21-14-17-8-5-12-23-17;/h4,6-7,13,17H,3,5,8-12,14H2,1-2H3,(H2,19,20,21);1H. The zero-order chi connectivity index (χ0) is 16.3. The van der Waals surface area contributed by atoms with Gasteiger partial charge in [0.05, 0.1) is 6.61 Å². The third kappa shape index (κ3) is 7.96. The predicted octanol–water partition coefficient (Wildman–Crippen LogP) is 3.70. The zero-order valence-corrected chi connectivity index (χ0v) is 17.9. The van der Waals surface area contributed by atoms with Gasteiger partial charge in [-0.2, -0.15) is 11.8 Å². The van der Waals surface area contributed by atoms with Crippen LogP contribution in [0.5, 0.6) is 5.75 Å². The molecule has 2 rings (SSSR count). The molecule has 1 unspecified atom stereocenters. The van der Waals surface area contributed by atoms with Gasteiger partial charge in [0.25, 0.3) is 0 Å². The van der Waals surface area contributed by atoms with Gasteiger partial charge in [-0.1, -0.05) is 19.1 Å². The van der Waals surface area contributed by atoms with Gasteiger partial charge in [0.15, 0.2) is 5.96 Å². The minimum Gasteiger partial charge on any atom is -0.494 e. The molecule has 0 bridgehead atoms. The van der Waals surface area contributed by atoms with Crippen molar-refractivity contribution in [3.63, 3.8) is 0 Å². The highest BCUT2D eigenvalue weighted by molar-refractivity contribution is 14.0. The van der Waals surface area contributed by atoms with Crippen LogP contribution in [0.3, 0.4) is 0 Å². The first kappa shape index (κ1) is 21.4. The van der Waals surface area contributed by atoms with Gasteiger partial charge in [0.1, 0.15) is 5.75 Å². The molecular weight excluding hydrogens is 433 g/mol. The Balaban J connectivity index is 0.00000288. The number of benzene rings is 1. The normalized spacial score (nSPS) is 17.2. The number of hydrogen-bond acceptors (Lipinski definition) is 3. The van der Waals surface area contributed by atoms with Crippen LogP contribution in [0.15, 0.2) is 29.3 Å². The zero-order valence-electron chi connectivity index (χ0n) is 14.7. The van der Waals surface area contributed by atoms with E-state index in [4.69, 9.17) is 4.74 Å². The van der Waals surface area contributed by atoms with E-state index in [2.05, 4.69) is 52.5 Å². The fourth-order valence-electron chi connectivity index (χ4n) is 2.57. The molecule has 0 aromatic heterocycles. The lowest BCUT2D eigenvalue weighted by atomic mass is 10.1. The van der Waals surface area contributed by atoms with Gasteiger partial charge in [-0.3, -0.25) is 4.99 Å². The van der Waals surface area contributed by atoms with Crippen LogP contribution in [0.25, 0.3) is 0 Å². The van der Waals surface area contributed by atoms with Gasteiger partial charge in [0, 0.05) is 25.4 Å². The lowest BCUT2D eigenvalue weighted by molar-refractivity contribution is 0.317. The van der Waals surface area contributed by atoms with Gasteiger partial charge in [-0.25, -0.2) is 0 Å². The van der Waals surface area contributed by atoms with Gasteiger partial charge in [-0.05, 0) is 49.1 Å². The van der Waals surface area contributed by atoms with E-state index >= 15 is 0 Å². The molecule has 1 fully saturated rings. The predicted molar refractivity (Wildman–Crippen MR) is 116 cm³/mol. The topological polar surface area (TPSA) is 45.6 Å². The molecule has 1 saturated heterocycles. The molecule has 0 amide bonds. The number of halogens is 1. The lowest BCUT2D eigenvalue weighted by Crippen LogP contribution is -2.40. The summed E-state index contributed by atoms with van der Waals surface area (Å²) >= 11 is 2.06. The lowest BCUT2D eigenvalue weighted by Gasteiger charge is -2.15. The third-order valence-electron chi connectivity index (χ3n) is 3.82. The maximum absolute atomic E-state index is 5.68. The number of nitrogens with one attached hydrogen (secondary N) is 2. The van der Waals surface area contributed by atoms with Crippen LogP contribution in [0, 0.1) is 0 Å². The Labute approximate surface area is 167 Å². The maximum Gasteiger partial charge on any atom is 0.191 e. The quantitative estimate of drug-likeness (QED) is 0.351. The van der Waals surface area contributed by atoms with Crippen LogP contribution in [-0.4, -0.2) is 43.7 Å². The molecule has 2 N–H and O–H groups in total. The van der Waals surface area contributed by atoms with E-state index in [9.17, 15) is 0 Å². The summed E-state index contributed by atoms with van der Waals surface area (Å²) in [6.07, 6.45) is 4.66. The van der Waals surface area contributed by atoms with Crippen molar-refractivity contribution in [3.05, 3.63) is 29.8 Å². The van der Waals surface area contributed by atoms with Gasteiger partial charge < -0.3 is 15.4 Å². The molecule has 0 radical (unpaired) electrons. The van der Waals surface area contributed by atoms with Crippen molar-refractivity contribution in [3.8, 4) is 5.75 Å². The number of thioether (sulfide) groups is 1. The number of hydrogen-bond donors (Lipinski definition) is 2. The van der Waals surface area contributed by atoms with E-state index in [0.29, 0.717) is 0 Å². The minimum atomic E-state index is 0. The summed E-state index contributed by atoms with van der Waals surface area (Å²) < 4.78 is 5.68. The van der Waals surface area contributed by atoms with Gasteiger partial charge in [-0.15, -0.1) is 24.0 Å². The number of aliphatic imine (C=N–C) groups is 1. The molecule has 0 spiro atoms. The van der Waals surface area contributed by atoms with Crippen LogP contribution in [0.1, 0.15) is 31.7 Å². The summed E-state index contributed by atoms with van der Waals surface area (Å²) in [5.74, 6) is 3.16. The average Bonchev–Trinajstić information content (AvgIpc) is 3.10. The Kier molecular flexibility index (Phi) is 11.3. The van der Waals surface area contributed by atoms with Crippen LogP contribution in [0.2, 0.25) is 0 Å². The Bertz CT molecular complexity index is 493. The van der Waals surface area contributed by atoms with E-state index in [-0.39, 0.29) is 24.0 Å². The van der Waals surface area contributed by atoms with Crippen molar-refractivity contribution in [2.24, 2.45) is 4.99 Å². The molecule has 136 valence electrons. The van der Waals surface area contributed by atoms with Gasteiger partial charge in [0.2, 0.25) is 0 Å². The summed E-state index contributed by atoms with van der Waals surface area (Å²) in [7, 11) is 1.83. The minimum absolute atomic E-state index is 0. The Morgan fingerprint density at radius 1 is 1.38 bits per heavy atom. The van der Waals surface area contributed by atoms with Crippen LogP contribution in [-0.2, 0) is 6.42 Å². The number of ether oxygens (including phenoxy) is 1. The Morgan fingerprint density at radius 2 is 2.25 bits per heavy atom. The second kappa shape index (κ2) is 12.7. The average molecular weight is 463 g/mol. The molecule has 1 aliphatic heterocycles. The molecule has 1 aromatic rings. The Hall–Kier alpha value is -0.630. The molecule has 24 heavy (non-hydrogen) atoms. The van der Waals surface area contributed by atoms with Gasteiger partial charge >= 0.3 is 0 Å². The smallest absolute Gasteiger partial charge is 0.191 e.